The number of hydrogen-bond donors (Lipinski definition) is 1. The third-order valence-corrected chi connectivity index (χ3v) is 4.04. The molecule has 1 saturated heterocycles. The quantitative estimate of drug-likeness (QED) is 0.776. The fraction of sp³-hybridized carbons (Fsp3) is 0.625. The average molecular weight is 246 g/mol. The Labute approximate surface area is 111 Å². The largest absolute Gasteiger partial charge is 0.399 e. The fourth-order valence-corrected chi connectivity index (χ4v) is 3.47. The minimum absolute atomic E-state index is 0.615. The van der Waals surface area contributed by atoms with Crippen LogP contribution in [0.15, 0.2) is 24.3 Å². The Kier molecular flexibility index (Phi) is 4.28. The normalized spacial score (nSPS) is 18.6. The highest BCUT2D eigenvalue weighted by Crippen LogP contribution is 2.40. The highest BCUT2D eigenvalue weighted by molar-refractivity contribution is 5.40. The van der Waals surface area contributed by atoms with Crippen molar-refractivity contribution in [2.45, 2.75) is 46.1 Å². The molecule has 1 heterocycles. The van der Waals surface area contributed by atoms with E-state index in [9.17, 15) is 0 Å². The Balaban J connectivity index is 1.88. The molecule has 0 amide bonds. The maximum absolute atomic E-state index is 5.82. The molecule has 100 valence electrons. The van der Waals surface area contributed by atoms with Crippen molar-refractivity contribution in [3.8, 4) is 0 Å². The van der Waals surface area contributed by atoms with Gasteiger partial charge in [0.1, 0.15) is 0 Å². The maximum atomic E-state index is 5.82. The first-order valence-corrected chi connectivity index (χ1v) is 7.24. The second-order valence-electron chi connectivity index (χ2n) is 5.89. The van der Waals surface area contributed by atoms with Gasteiger partial charge in [0.15, 0.2) is 0 Å². The summed E-state index contributed by atoms with van der Waals surface area (Å²) in [5.41, 5.74) is 8.66. The van der Waals surface area contributed by atoms with Crippen molar-refractivity contribution in [2.75, 3.05) is 18.8 Å². The molecule has 2 rings (SSSR count). The van der Waals surface area contributed by atoms with Gasteiger partial charge in [-0.25, -0.2) is 0 Å². The third kappa shape index (κ3) is 3.05. The average Bonchev–Trinajstić information content (AvgIpc) is 2.27. The number of benzene rings is 1. The minimum Gasteiger partial charge on any atom is -0.399 e. The number of nitrogen functional groups attached to an aromatic ring is 1. The Bertz CT molecular complexity index is 372. The van der Waals surface area contributed by atoms with Gasteiger partial charge in [-0.15, -0.1) is 0 Å². The van der Waals surface area contributed by atoms with E-state index >= 15 is 0 Å². The van der Waals surface area contributed by atoms with Gasteiger partial charge < -0.3 is 5.73 Å². The van der Waals surface area contributed by atoms with Gasteiger partial charge in [0.25, 0.3) is 0 Å². The zero-order valence-electron chi connectivity index (χ0n) is 11.8. The standard InChI is InChI=1S/C16H26N2/c1-3-8-16(9-4-2)12-18(13-16)11-14-6-5-7-15(17)10-14/h5-7,10H,3-4,8-9,11-13,17H2,1-2H3. The minimum atomic E-state index is 0.615. The van der Waals surface area contributed by atoms with Gasteiger partial charge in [-0.05, 0) is 36.0 Å². The predicted octanol–water partition coefficient (Wildman–Crippen LogP) is 3.67. The lowest BCUT2D eigenvalue weighted by Crippen LogP contribution is -2.55. The second kappa shape index (κ2) is 5.75. The van der Waals surface area contributed by atoms with Crippen LogP contribution in [0.2, 0.25) is 0 Å². The van der Waals surface area contributed by atoms with Gasteiger partial charge in [-0.2, -0.15) is 0 Å². The summed E-state index contributed by atoms with van der Waals surface area (Å²) >= 11 is 0. The van der Waals surface area contributed by atoms with E-state index in [1.165, 1.54) is 44.3 Å². The zero-order valence-corrected chi connectivity index (χ0v) is 11.8. The predicted molar refractivity (Wildman–Crippen MR) is 78.4 cm³/mol. The van der Waals surface area contributed by atoms with Gasteiger partial charge >= 0.3 is 0 Å². The molecule has 18 heavy (non-hydrogen) atoms. The molecule has 1 aliphatic rings. The highest BCUT2D eigenvalue weighted by atomic mass is 15.2. The van der Waals surface area contributed by atoms with Crippen LogP contribution in [0.3, 0.4) is 0 Å². The molecule has 0 spiro atoms. The van der Waals surface area contributed by atoms with E-state index in [-0.39, 0.29) is 0 Å². The van der Waals surface area contributed by atoms with Crippen molar-refractivity contribution in [1.29, 1.82) is 0 Å². The Hall–Kier alpha value is -1.02. The van der Waals surface area contributed by atoms with E-state index in [0.717, 1.165) is 12.2 Å². The molecule has 0 atom stereocenters. The summed E-state index contributed by atoms with van der Waals surface area (Å²) in [4.78, 5) is 2.56. The van der Waals surface area contributed by atoms with E-state index in [0.29, 0.717) is 5.41 Å². The van der Waals surface area contributed by atoms with Crippen molar-refractivity contribution in [3.63, 3.8) is 0 Å². The van der Waals surface area contributed by atoms with Crippen LogP contribution >= 0.6 is 0 Å². The van der Waals surface area contributed by atoms with Crippen LogP contribution in [0, 0.1) is 5.41 Å². The smallest absolute Gasteiger partial charge is 0.0317 e. The summed E-state index contributed by atoms with van der Waals surface area (Å²) in [6.45, 7) is 8.20. The third-order valence-electron chi connectivity index (χ3n) is 4.04. The number of hydrogen-bond acceptors (Lipinski definition) is 2. The van der Waals surface area contributed by atoms with Crippen LogP contribution in [0.5, 0.6) is 0 Å². The maximum Gasteiger partial charge on any atom is 0.0317 e. The van der Waals surface area contributed by atoms with Crippen molar-refractivity contribution in [2.24, 2.45) is 5.41 Å². The first-order valence-electron chi connectivity index (χ1n) is 7.24. The van der Waals surface area contributed by atoms with Crippen LogP contribution in [0.25, 0.3) is 0 Å². The monoisotopic (exact) mass is 246 g/mol. The van der Waals surface area contributed by atoms with Gasteiger partial charge in [0.2, 0.25) is 0 Å². The van der Waals surface area contributed by atoms with Crippen molar-refractivity contribution in [3.05, 3.63) is 29.8 Å². The first kappa shape index (κ1) is 13.4. The van der Waals surface area contributed by atoms with E-state index in [4.69, 9.17) is 5.73 Å². The molecule has 0 saturated carbocycles. The number of nitrogens with two attached hydrogens (primary N) is 1. The summed E-state index contributed by atoms with van der Waals surface area (Å²) in [5.74, 6) is 0. The molecule has 0 radical (unpaired) electrons. The lowest BCUT2D eigenvalue weighted by Gasteiger charge is -2.51. The van der Waals surface area contributed by atoms with Gasteiger partial charge in [0.05, 0.1) is 0 Å². The molecule has 2 nitrogen and oxygen atoms in total. The summed E-state index contributed by atoms with van der Waals surface area (Å²) < 4.78 is 0. The van der Waals surface area contributed by atoms with Gasteiger partial charge in [-0.3, -0.25) is 4.90 Å². The molecule has 1 aliphatic heterocycles. The van der Waals surface area contributed by atoms with Gasteiger partial charge in [0, 0.05) is 25.3 Å². The summed E-state index contributed by atoms with van der Waals surface area (Å²) in [6.07, 6.45) is 5.39. The van der Waals surface area contributed by atoms with Crippen LogP contribution in [-0.2, 0) is 6.54 Å². The molecule has 1 aromatic rings. The molecule has 1 aromatic carbocycles. The van der Waals surface area contributed by atoms with E-state index in [1.807, 2.05) is 6.07 Å². The van der Waals surface area contributed by atoms with E-state index < -0.39 is 0 Å². The van der Waals surface area contributed by atoms with Crippen LogP contribution in [0.1, 0.15) is 45.1 Å². The molecular weight excluding hydrogens is 220 g/mol. The lowest BCUT2D eigenvalue weighted by molar-refractivity contribution is -0.0203. The molecular formula is C16H26N2. The summed E-state index contributed by atoms with van der Waals surface area (Å²) in [6, 6.07) is 8.28. The molecule has 2 heteroatoms. The number of likely N-dealkylation sites (tertiary alicyclic amines) is 1. The Morgan fingerprint density at radius 1 is 1.17 bits per heavy atom. The van der Waals surface area contributed by atoms with Gasteiger partial charge in [-0.1, -0.05) is 38.8 Å². The topological polar surface area (TPSA) is 29.3 Å². The SMILES string of the molecule is CCCC1(CCC)CN(Cc2cccc(N)c2)C1. The Morgan fingerprint density at radius 3 is 2.39 bits per heavy atom. The van der Waals surface area contributed by atoms with Crippen molar-refractivity contribution in [1.82, 2.24) is 4.90 Å². The number of anilines is 1. The van der Waals surface area contributed by atoms with E-state index in [1.54, 1.807) is 0 Å². The highest BCUT2D eigenvalue weighted by Gasteiger charge is 2.40. The number of rotatable bonds is 6. The summed E-state index contributed by atoms with van der Waals surface area (Å²) in [7, 11) is 0. The zero-order chi connectivity index (χ0) is 13.0. The molecule has 0 aliphatic carbocycles. The summed E-state index contributed by atoms with van der Waals surface area (Å²) in [5, 5.41) is 0. The van der Waals surface area contributed by atoms with Crippen LogP contribution in [-0.4, -0.2) is 18.0 Å². The first-order chi connectivity index (χ1) is 8.67. The van der Waals surface area contributed by atoms with Crippen molar-refractivity contribution < 1.29 is 0 Å². The lowest BCUT2D eigenvalue weighted by atomic mass is 9.72. The Morgan fingerprint density at radius 2 is 1.83 bits per heavy atom. The molecule has 1 fully saturated rings. The molecule has 2 N–H and O–H groups in total. The molecule has 0 aromatic heterocycles. The van der Waals surface area contributed by atoms with Crippen molar-refractivity contribution >= 4 is 5.69 Å². The van der Waals surface area contributed by atoms with Crippen LogP contribution < -0.4 is 5.73 Å². The molecule has 0 bridgehead atoms. The fourth-order valence-electron chi connectivity index (χ4n) is 3.47. The molecule has 0 unspecified atom stereocenters. The van der Waals surface area contributed by atoms with E-state index in [2.05, 4.69) is 36.9 Å². The second-order valence-corrected chi connectivity index (χ2v) is 5.89. The van der Waals surface area contributed by atoms with Crippen LogP contribution in [0.4, 0.5) is 5.69 Å². The number of nitrogens with zero attached hydrogens (tertiary/aromatic N) is 1.